The molecule has 76 valence electrons. The number of carbonyl (C=O) groups is 2. The first-order valence-electron chi connectivity index (χ1n) is 4.10. The maximum absolute atomic E-state index is 11.1. The van der Waals surface area contributed by atoms with E-state index >= 15 is 0 Å². The van der Waals surface area contributed by atoms with Gasteiger partial charge >= 0.3 is 12.1 Å². The Morgan fingerprint density at radius 3 is 2.46 bits per heavy atom. The molecule has 5 nitrogen and oxygen atoms in total. The van der Waals surface area contributed by atoms with Crippen molar-refractivity contribution >= 4 is 12.1 Å². The molecule has 1 N–H and O–H groups in total. The highest BCUT2D eigenvalue weighted by molar-refractivity contribution is 5.71. The number of amides is 1. The number of aliphatic carboxylic acids is 1. The van der Waals surface area contributed by atoms with Gasteiger partial charge in [0, 0.05) is 13.1 Å². The minimum Gasteiger partial charge on any atom is -0.481 e. The smallest absolute Gasteiger partial charge is 0.409 e. The Labute approximate surface area is 77.3 Å². The van der Waals surface area contributed by atoms with Crippen molar-refractivity contribution in [3.05, 3.63) is 0 Å². The third-order valence-electron chi connectivity index (χ3n) is 1.69. The lowest BCUT2D eigenvalue weighted by atomic mass is 10.2. The van der Waals surface area contributed by atoms with Crippen molar-refractivity contribution < 1.29 is 19.4 Å². The Hall–Kier alpha value is -1.26. The fraction of sp³-hybridized carbons (Fsp3) is 0.750. The van der Waals surface area contributed by atoms with Crippen molar-refractivity contribution in [2.24, 2.45) is 0 Å². The van der Waals surface area contributed by atoms with Crippen LogP contribution in [0.5, 0.6) is 0 Å². The zero-order valence-electron chi connectivity index (χ0n) is 8.11. The summed E-state index contributed by atoms with van der Waals surface area (Å²) in [5, 5.41) is 8.47. The standard InChI is InChI=1S/C8H15NO4/c1-4-13-8(12)9(3)6(2)5-7(10)11/h6H,4-5H2,1-3H3,(H,10,11)/t6-/m0/s1. The summed E-state index contributed by atoms with van der Waals surface area (Å²) in [6.07, 6.45) is -0.564. The van der Waals surface area contributed by atoms with E-state index in [4.69, 9.17) is 9.84 Å². The molecule has 0 aromatic rings. The molecule has 0 aliphatic rings. The van der Waals surface area contributed by atoms with Crippen molar-refractivity contribution in [2.45, 2.75) is 26.3 Å². The molecule has 0 unspecified atom stereocenters. The maximum Gasteiger partial charge on any atom is 0.409 e. The van der Waals surface area contributed by atoms with Crippen LogP contribution >= 0.6 is 0 Å². The largest absolute Gasteiger partial charge is 0.481 e. The van der Waals surface area contributed by atoms with Crippen LogP contribution in [0.15, 0.2) is 0 Å². The molecule has 0 bridgehead atoms. The Balaban J connectivity index is 4.00. The first kappa shape index (κ1) is 11.7. The summed E-state index contributed by atoms with van der Waals surface area (Å²) in [5.41, 5.74) is 0. The van der Waals surface area contributed by atoms with E-state index in [0.717, 1.165) is 0 Å². The lowest BCUT2D eigenvalue weighted by Crippen LogP contribution is -2.36. The van der Waals surface area contributed by atoms with Gasteiger partial charge in [-0.1, -0.05) is 0 Å². The minimum atomic E-state index is -0.927. The molecule has 0 rings (SSSR count). The van der Waals surface area contributed by atoms with Gasteiger partial charge in [-0.25, -0.2) is 4.79 Å². The van der Waals surface area contributed by atoms with Crippen LogP contribution in [0, 0.1) is 0 Å². The lowest BCUT2D eigenvalue weighted by molar-refractivity contribution is -0.138. The van der Waals surface area contributed by atoms with Crippen molar-refractivity contribution in [2.75, 3.05) is 13.7 Å². The third-order valence-corrected chi connectivity index (χ3v) is 1.69. The number of carbonyl (C=O) groups excluding carboxylic acids is 1. The summed E-state index contributed by atoms with van der Waals surface area (Å²) in [6.45, 7) is 3.65. The van der Waals surface area contributed by atoms with Gasteiger partial charge in [-0.2, -0.15) is 0 Å². The molecule has 0 fully saturated rings. The SMILES string of the molecule is CCOC(=O)N(C)[C@@H](C)CC(=O)O. The number of ether oxygens (including phenoxy) is 1. The van der Waals surface area contributed by atoms with Gasteiger partial charge in [-0.3, -0.25) is 4.79 Å². The first-order chi connectivity index (χ1) is 5.99. The Morgan fingerprint density at radius 2 is 2.08 bits per heavy atom. The minimum absolute atomic E-state index is 0.0741. The Kier molecular flexibility index (Phi) is 4.87. The molecule has 5 heteroatoms. The van der Waals surface area contributed by atoms with Crippen LogP contribution in [0.2, 0.25) is 0 Å². The van der Waals surface area contributed by atoms with E-state index in [-0.39, 0.29) is 12.5 Å². The molecule has 0 aliphatic heterocycles. The van der Waals surface area contributed by atoms with Crippen LogP contribution in [0.4, 0.5) is 4.79 Å². The van der Waals surface area contributed by atoms with Gasteiger partial charge in [0.1, 0.15) is 0 Å². The molecular weight excluding hydrogens is 174 g/mol. The van der Waals surface area contributed by atoms with E-state index in [9.17, 15) is 9.59 Å². The number of carboxylic acid groups (broad SMARTS) is 1. The van der Waals surface area contributed by atoms with Crippen LogP contribution in [-0.2, 0) is 9.53 Å². The summed E-state index contributed by atoms with van der Waals surface area (Å²) in [7, 11) is 1.52. The molecule has 1 atom stereocenters. The lowest BCUT2D eigenvalue weighted by Gasteiger charge is -2.22. The van der Waals surface area contributed by atoms with E-state index < -0.39 is 12.1 Å². The maximum atomic E-state index is 11.1. The van der Waals surface area contributed by atoms with Crippen molar-refractivity contribution in [1.82, 2.24) is 4.90 Å². The fourth-order valence-electron chi connectivity index (χ4n) is 0.795. The van der Waals surface area contributed by atoms with E-state index in [0.29, 0.717) is 6.61 Å². The number of hydrogen-bond acceptors (Lipinski definition) is 3. The van der Waals surface area contributed by atoms with Gasteiger partial charge in [0.15, 0.2) is 0 Å². The molecule has 0 aliphatic carbocycles. The summed E-state index contributed by atoms with van der Waals surface area (Å²) >= 11 is 0. The summed E-state index contributed by atoms with van der Waals surface area (Å²) < 4.78 is 4.70. The average Bonchev–Trinajstić information content (AvgIpc) is 2.02. The zero-order valence-corrected chi connectivity index (χ0v) is 8.11. The predicted octanol–water partition coefficient (Wildman–Crippen LogP) is 0.938. The topological polar surface area (TPSA) is 66.8 Å². The molecule has 0 spiro atoms. The molecule has 0 saturated heterocycles. The van der Waals surface area contributed by atoms with Crippen molar-refractivity contribution in [1.29, 1.82) is 0 Å². The van der Waals surface area contributed by atoms with Gasteiger partial charge in [-0.05, 0) is 13.8 Å². The number of rotatable bonds is 4. The summed E-state index contributed by atoms with van der Waals surface area (Å²) in [5.74, 6) is -0.927. The fourth-order valence-corrected chi connectivity index (χ4v) is 0.795. The highest BCUT2D eigenvalue weighted by Gasteiger charge is 2.18. The summed E-state index contributed by atoms with van der Waals surface area (Å²) in [4.78, 5) is 22.7. The van der Waals surface area contributed by atoms with Gasteiger partial charge < -0.3 is 14.7 Å². The monoisotopic (exact) mass is 189 g/mol. The van der Waals surface area contributed by atoms with Gasteiger partial charge in [0.25, 0.3) is 0 Å². The third kappa shape index (κ3) is 4.35. The first-order valence-corrected chi connectivity index (χ1v) is 4.10. The number of carboxylic acids is 1. The molecule has 0 heterocycles. The van der Waals surface area contributed by atoms with E-state index in [1.807, 2.05) is 0 Å². The van der Waals surface area contributed by atoms with Gasteiger partial charge in [0.05, 0.1) is 13.0 Å². The van der Waals surface area contributed by atoms with Crippen LogP contribution in [0.3, 0.4) is 0 Å². The second-order valence-electron chi connectivity index (χ2n) is 2.76. The van der Waals surface area contributed by atoms with E-state index in [1.54, 1.807) is 13.8 Å². The zero-order chi connectivity index (χ0) is 10.4. The van der Waals surface area contributed by atoms with E-state index in [1.165, 1.54) is 11.9 Å². The molecule has 1 amide bonds. The Bertz CT molecular complexity index is 193. The van der Waals surface area contributed by atoms with Crippen LogP contribution in [0.25, 0.3) is 0 Å². The van der Waals surface area contributed by atoms with Crippen LogP contribution in [0.1, 0.15) is 20.3 Å². The summed E-state index contributed by atoms with van der Waals surface area (Å²) in [6, 6.07) is -0.350. The predicted molar refractivity (Wildman–Crippen MR) is 46.5 cm³/mol. The van der Waals surface area contributed by atoms with Crippen molar-refractivity contribution in [3.8, 4) is 0 Å². The van der Waals surface area contributed by atoms with E-state index in [2.05, 4.69) is 0 Å². The average molecular weight is 189 g/mol. The normalized spacial score (nSPS) is 11.9. The molecular formula is C8H15NO4. The highest BCUT2D eigenvalue weighted by Crippen LogP contribution is 2.02. The highest BCUT2D eigenvalue weighted by atomic mass is 16.6. The quantitative estimate of drug-likeness (QED) is 0.714. The van der Waals surface area contributed by atoms with Crippen molar-refractivity contribution in [3.63, 3.8) is 0 Å². The second kappa shape index (κ2) is 5.40. The second-order valence-corrected chi connectivity index (χ2v) is 2.76. The molecule has 0 aromatic carbocycles. The number of nitrogens with zero attached hydrogens (tertiary/aromatic N) is 1. The van der Waals surface area contributed by atoms with Gasteiger partial charge in [0.2, 0.25) is 0 Å². The van der Waals surface area contributed by atoms with Crippen LogP contribution in [-0.4, -0.2) is 41.8 Å². The molecule has 0 aromatic heterocycles. The molecule has 13 heavy (non-hydrogen) atoms. The number of hydrogen-bond donors (Lipinski definition) is 1. The van der Waals surface area contributed by atoms with Crippen LogP contribution < -0.4 is 0 Å². The molecule has 0 saturated carbocycles. The Morgan fingerprint density at radius 1 is 1.54 bits per heavy atom. The molecule has 0 radical (unpaired) electrons. The van der Waals surface area contributed by atoms with Gasteiger partial charge in [-0.15, -0.1) is 0 Å².